The van der Waals surface area contributed by atoms with Crippen molar-refractivity contribution >= 4 is 18.0 Å². The highest BCUT2D eigenvalue weighted by atomic mass is 16.6. The molecular weight excluding hydrogens is 340 g/mol. The van der Waals surface area contributed by atoms with E-state index in [1.165, 1.54) is 0 Å². The molecular formula is C22H30N2O3. The Morgan fingerprint density at radius 1 is 1.30 bits per heavy atom. The molecule has 0 amide bonds. The normalized spacial score (nSPS) is 23.2. The fourth-order valence-electron chi connectivity index (χ4n) is 3.10. The Morgan fingerprint density at radius 3 is 2.48 bits per heavy atom. The predicted molar refractivity (Wildman–Crippen MR) is 108 cm³/mol. The number of aliphatic imine (C=N–C) groups is 1. The first-order valence-electron chi connectivity index (χ1n) is 9.29. The van der Waals surface area contributed by atoms with E-state index in [0.717, 1.165) is 11.1 Å². The molecule has 0 fully saturated rings. The summed E-state index contributed by atoms with van der Waals surface area (Å²) in [4.78, 5) is 30.3. The number of benzene rings is 1. The van der Waals surface area contributed by atoms with Crippen molar-refractivity contribution in [3.8, 4) is 0 Å². The Kier molecular flexibility index (Phi) is 6.37. The van der Waals surface area contributed by atoms with E-state index in [2.05, 4.69) is 4.99 Å². The molecule has 0 bridgehead atoms. The summed E-state index contributed by atoms with van der Waals surface area (Å²) in [6.45, 7) is 9.30. The van der Waals surface area contributed by atoms with Gasteiger partial charge in [-0.05, 0) is 46.6 Å². The lowest BCUT2D eigenvalue weighted by Gasteiger charge is -2.27. The summed E-state index contributed by atoms with van der Waals surface area (Å²) in [5.41, 5.74) is 6.65. The molecule has 0 radical (unpaired) electrons. The molecule has 1 heterocycles. The molecule has 5 nitrogen and oxygen atoms in total. The van der Waals surface area contributed by atoms with Gasteiger partial charge in [-0.15, -0.1) is 0 Å². The summed E-state index contributed by atoms with van der Waals surface area (Å²) in [5.74, 6) is -1.47. The summed E-state index contributed by atoms with van der Waals surface area (Å²) < 4.78 is 5.36. The van der Waals surface area contributed by atoms with Gasteiger partial charge in [0.2, 0.25) is 0 Å². The average molecular weight is 370 g/mol. The van der Waals surface area contributed by atoms with Crippen LogP contribution >= 0.6 is 0 Å². The third-order valence-corrected chi connectivity index (χ3v) is 4.50. The zero-order valence-corrected chi connectivity index (χ0v) is 16.9. The van der Waals surface area contributed by atoms with Crippen molar-refractivity contribution in [2.24, 2.45) is 16.6 Å². The molecule has 2 unspecified atom stereocenters. The molecule has 3 atom stereocenters. The lowest BCUT2D eigenvalue weighted by Crippen LogP contribution is -2.49. The fourth-order valence-corrected chi connectivity index (χ4v) is 3.10. The second kappa shape index (κ2) is 8.17. The minimum atomic E-state index is -1.05. The molecule has 2 N–H and O–H groups in total. The van der Waals surface area contributed by atoms with Gasteiger partial charge in [0.1, 0.15) is 17.2 Å². The highest BCUT2D eigenvalue weighted by Crippen LogP contribution is 2.33. The van der Waals surface area contributed by atoms with Crippen LogP contribution < -0.4 is 5.73 Å². The minimum Gasteiger partial charge on any atom is -0.459 e. The smallest absolute Gasteiger partial charge is 0.324 e. The van der Waals surface area contributed by atoms with E-state index in [4.69, 9.17) is 10.5 Å². The molecule has 1 aliphatic rings. The van der Waals surface area contributed by atoms with Gasteiger partial charge in [-0.2, -0.15) is 0 Å². The zero-order chi connectivity index (χ0) is 20.2. The molecule has 146 valence electrons. The maximum atomic E-state index is 13.3. The number of hydrogen-bond donors (Lipinski definition) is 1. The van der Waals surface area contributed by atoms with Gasteiger partial charge in [0.15, 0.2) is 5.78 Å². The maximum Gasteiger partial charge on any atom is 0.324 e. The van der Waals surface area contributed by atoms with Crippen molar-refractivity contribution in [2.75, 3.05) is 0 Å². The number of rotatable bonds is 6. The molecule has 0 aliphatic carbocycles. The first-order valence-corrected chi connectivity index (χ1v) is 9.29. The van der Waals surface area contributed by atoms with Crippen LogP contribution in [0, 0.1) is 5.92 Å². The standard InChI is InChI=1S/C22H30N2O3/c1-15(2)11-12-22(13-16-9-7-6-8-10-16)19(25)17(14-24-22)18(23)20(26)27-21(3,4)5/h6-11,14,17-18H,12-13,23H2,1-5H3/t17?,18?,22-/m0/s1. The monoisotopic (exact) mass is 370 g/mol. The van der Waals surface area contributed by atoms with Crippen LogP contribution in [-0.2, 0) is 20.7 Å². The van der Waals surface area contributed by atoms with Crippen molar-refractivity contribution in [1.82, 2.24) is 0 Å². The Hall–Kier alpha value is -2.27. The molecule has 0 aromatic heterocycles. The van der Waals surface area contributed by atoms with Crippen molar-refractivity contribution in [2.45, 2.75) is 64.6 Å². The molecule has 1 aliphatic heterocycles. The lowest BCUT2D eigenvalue weighted by molar-refractivity contribution is -0.158. The zero-order valence-electron chi connectivity index (χ0n) is 16.9. The fraction of sp³-hybridized carbons (Fsp3) is 0.500. The largest absolute Gasteiger partial charge is 0.459 e. The minimum absolute atomic E-state index is 0.123. The van der Waals surface area contributed by atoms with Crippen molar-refractivity contribution in [1.29, 1.82) is 0 Å². The Bertz CT molecular complexity index is 743. The SMILES string of the molecule is CC(C)=CC[C@@]1(Cc2ccccc2)N=CC(C(N)C(=O)OC(C)(C)C)C1=O. The van der Waals surface area contributed by atoms with E-state index in [1.807, 2.05) is 50.3 Å². The van der Waals surface area contributed by atoms with Crippen LogP contribution in [-0.4, -0.2) is 35.1 Å². The third kappa shape index (κ3) is 5.36. The second-order valence-electron chi connectivity index (χ2n) is 8.41. The van der Waals surface area contributed by atoms with Gasteiger partial charge in [-0.1, -0.05) is 42.0 Å². The molecule has 1 aromatic carbocycles. The van der Waals surface area contributed by atoms with Crippen LogP contribution in [0.1, 0.15) is 46.6 Å². The quantitative estimate of drug-likeness (QED) is 0.615. The number of nitrogens with two attached hydrogens (primary N) is 1. The Labute approximate surface area is 161 Å². The lowest BCUT2D eigenvalue weighted by atomic mass is 9.79. The summed E-state index contributed by atoms with van der Waals surface area (Å²) >= 11 is 0. The van der Waals surface area contributed by atoms with E-state index >= 15 is 0 Å². The molecule has 1 aromatic rings. The van der Waals surface area contributed by atoms with Gasteiger partial charge >= 0.3 is 5.97 Å². The first kappa shape index (κ1) is 21.0. The third-order valence-electron chi connectivity index (χ3n) is 4.50. The van der Waals surface area contributed by atoms with Crippen molar-refractivity contribution in [3.63, 3.8) is 0 Å². The second-order valence-corrected chi connectivity index (χ2v) is 8.41. The molecule has 0 spiro atoms. The summed E-state index contributed by atoms with van der Waals surface area (Å²) in [7, 11) is 0. The van der Waals surface area contributed by atoms with Gasteiger partial charge < -0.3 is 10.5 Å². The molecule has 0 saturated heterocycles. The van der Waals surface area contributed by atoms with Crippen LogP contribution in [0.15, 0.2) is 47.0 Å². The van der Waals surface area contributed by atoms with Crippen LogP contribution in [0.3, 0.4) is 0 Å². The Balaban J connectivity index is 2.26. The van der Waals surface area contributed by atoms with Gasteiger partial charge in [-0.3, -0.25) is 14.6 Å². The summed E-state index contributed by atoms with van der Waals surface area (Å²) in [6, 6.07) is 8.73. The molecule has 5 heteroatoms. The van der Waals surface area contributed by atoms with Crippen molar-refractivity contribution in [3.05, 3.63) is 47.5 Å². The average Bonchev–Trinajstić information content (AvgIpc) is 2.89. The number of carbonyl (C=O) groups excluding carboxylic acids is 2. The molecule has 27 heavy (non-hydrogen) atoms. The van der Waals surface area contributed by atoms with Gasteiger partial charge in [0, 0.05) is 12.6 Å². The van der Waals surface area contributed by atoms with E-state index in [0.29, 0.717) is 12.8 Å². The summed E-state index contributed by atoms with van der Waals surface area (Å²) in [5, 5.41) is 0. The molecule has 2 rings (SSSR count). The summed E-state index contributed by atoms with van der Waals surface area (Å²) in [6.07, 6.45) is 4.51. The number of carbonyl (C=O) groups is 2. The number of esters is 1. The topological polar surface area (TPSA) is 81.8 Å². The number of Topliss-reactive ketones (excluding diaryl/α,β-unsaturated/α-hetero) is 1. The van der Waals surface area contributed by atoms with Crippen LogP contribution in [0.2, 0.25) is 0 Å². The van der Waals surface area contributed by atoms with Gasteiger partial charge in [0.25, 0.3) is 0 Å². The van der Waals surface area contributed by atoms with E-state index < -0.39 is 29.1 Å². The highest BCUT2D eigenvalue weighted by Gasteiger charge is 2.48. The first-order chi connectivity index (χ1) is 12.5. The number of allylic oxidation sites excluding steroid dienone is 1. The number of ether oxygens (including phenoxy) is 1. The van der Waals surface area contributed by atoms with Crippen LogP contribution in [0.4, 0.5) is 0 Å². The van der Waals surface area contributed by atoms with E-state index in [9.17, 15) is 9.59 Å². The van der Waals surface area contributed by atoms with Gasteiger partial charge in [0.05, 0.1) is 5.92 Å². The highest BCUT2D eigenvalue weighted by molar-refractivity contribution is 6.09. The van der Waals surface area contributed by atoms with Crippen molar-refractivity contribution < 1.29 is 14.3 Å². The van der Waals surface area contributed by atoms with Gasteiger partial charge in [-0.25, -0.2) is 0 Å². The predicted octanol–water partition coefficient (Wildman–Crippen LogP) is 3.26. The number of nitrogens with zero attached hydrogens (tertiary/aromatic N) is 1. The molecule has 0 saturated carbocycles. The van der Waals surface area contributed by atoms with Crippen LogP contribution in [0.25, 0.3) is 0 Å². The Morgan fingerprint density at radius 2 is 1.93 bits per heavy atom. The number of ketones is 1. The van der Waals surface area contributed by atoms with Crippen LogP contribution in [0.5, 0.6) is 0 Å². The maximum absolute atomic E-state index is 13.3. The number of hydrogen-bond acceptors (Lipinski definition) is 5. The van der Waals surface area contributed by atoms with E-state index in [-0.39, 0.29) is 5.78 Å². The van der Waals surface area contributed by atoms with E-state index in [1.54, 1.807) is 27.0 Å².